The number of benzene rings is 2. The van der Waals surface area contributed by atoms with Crippen molar-refractivity contribution in [3.05, 3.63) is 59.2 Å². The van der Waals surface area contributed by atoms with Crippen LogP contribution >= 0.6 is 0 Å². The summed E-state index contributed by atoms with van der Waals surface area (Å²) in [5, 5.41) is 0. The van der Waals surface area contributed by atoms with Gasteiger partial charge in [0.25, 0.3) is 0 Å². The van der Waals surface area contributed by atoms with Gasteiger partial charge in [0.2, 0.25) is 0 Å². The number of nitrogen functional groups attached to an aromatic ring is 1. The number of esters is 1. The molecule has 0 aliphatic heterocycles. The first-order chi connectivity index (χ1) is 10.8. The highest BCUT2D eigenvalue weighted by Crippen LogP contribution is 2.29. The van der Waals surface area contributed by atoms with Gasteiger partial charge in [0.1, 0.15) is 12.4 Å². The summed E-state index contributed by atoms with van der Waals surface area (Å²) in [6.45, 7) is 0.0582. The van der Waals surface area contributed by atoms with Crippen LogP contribution in [0.5, 0.6) is 5.75 Å². The predicted molar refractivity (Wildman–Crippen MR) is 78.0 cm³/mol. The number of nitrogens with two attached hydrogens (primary N) is 1. The molecule has 4 nitrogen and oxygen atoms in total. The lowest BCUT2D eigenvalue weighted by molar-refractivity contribution is -0.137. The first-order valence-electron chi connectivity index (χ1n) is 6.58. The second-order valence-corrected chi connectivity index (χ2v) is 4.72. The molecule has 2 aromatic carbocycles. The zero-order valence-electron chi connectivity index (χ0n) is 12.2. The average Bonchev–Trinajstić information content (AvgIpc) is 2.53. The van der Waals surface area contributed by atoms with Crippen LogP contribution in [0.2, 0.25) is 0 Å². The van der Waals surface area contributed by atoms with E-state index in [1.165, 1.54) is 31.4 Å². The first-order valence-corrected chi connectivity index (χ1v) is 6.58. The molecule has 122 valence electrons. The largest absolute Gasteiger partial charge is 0.489 e. The highest BCUT2D eigenvalue weighted by atomic mass is 19.4. The molecule has 0 aliphatic rings. The Labute approximate surface area is 130 Å². The molecule has 0 radical (unpaired) electrons. The maximum absolute atomic E-state index is 12.5. The van der Waals surface area contributed by atoms with Crippen LogP contribution in [0.1, 0.15) is 21.5 Å². The maximum Gasteiger partial charge on any atom is 0.416 e. The summed E-state index contributed by atoms with van der Waals surface area (Å²) >= 11 is 0. The number of anilines is 1. The number of alkyl halides is 3. The molecule has 0 saturated carbocycles. The number of hydrogen-bond donors (Lipinski definition) is 1. The molecule has 0 bridgehead atoms. The van der Waals surface area contributed by atoms with Gasteiger partial charge in [0.15, 0.2) is 0 Å². The summed E-state index contributed by atoms with van der Waals surface area (Å²) in [7, 11) is 1.23. The van der Waals surface area contributed by atoms with E-state index in [0.29, 0.717) is 11.3 Å². The quantitative estimate of drug-likeness (QED) is 0.688. The summed E-state index contributed by atoms with van der Waals surface area (Å²) in [5.74, 6) is -0.234. The number of rotatable bonds is 4. The van der Waals surface area contributed by atoms with E-state index in [1.807, 2.05) is 0 Å². The van der Waals surface area contributed by atoms with Gasteiger partial charge in [0.05, 0.1) is 18.2 Å². The van der Waals surface area contributed by atoms with Gasteiger partial charge in [-0.15, -0.1) is 0 Å². The third-order valence-electron chi connectivity index (χ3n) is 3.12. The molecular formula is C16H14F3NO3. The van der Waals surface area contributed by atoms with Crippen molar-refractivity contribution < 1.29 is 27.4 Å². The van der Waals surface area contributed by atoms with Gasteiger partial charge in [-0.1, -0.05) is 12.1 Å². The summed E-state index contributed by atoms with van der Waals surface area (Å²) in [6.07, 6.45) is -4.37. The minimum atomic E-state index is -4.37. The molecule has 0 fully saturated rings. The van der Waals surface area contributed by atoms with Gasteiger partial charge in [-0.25, -0.2) is 4.79 Å². The van der Waals surface area contributed by atoms with E-state index < -0.39 is 17.7 Å². The molecule has 0 unspecified atom stereocenters. The zero-order valence-corrected chi connectivity index (χ0v) is 12.2. The molecule has 2 aromatic rings. The number of halogens is 3. The Kier molecular flexibility index (Phi) is 4.78. The maximum atomic E-state index is 12.5. The number of carbonyl (C=O) groups excluding carboxylic acids is 1. The summed E-state index contributed by atoms with van der Waals surface area (Å²) in [5.41, 5.74) is 5.92. The van der Waals surface area contributed by atoms with E-state index in [0.717, 1.165) is 12.1 Å². The van der Waals surface area contributed by atoms with Crippen molar-refractivity contribution in [2.45, 2.75) is 12.8 Å². The minimum absolute atomic E-state index is 0.0582. The molecule has 0 aromatic heterocycles. The van der Waals surface area contributed by atoms with E-state index in [-0.39, 0.29) is 17.9 Å². The van der Waals surface area contributed by atoms with E-state index in [2.05, 4.69) is 4.74 Å². The number of carbonyl (C=O) groups is 1. The van der Waals surface area contributed by atoms with Gasteiger partial charge >= 0.3 is 12.1 Å². The van der Waals surface area contributed by atoms with Crippen LogP contribution in [0.15, 0.2) is 42.5 Å². The van der Waals surface area contributed by atoms with Gasteiger partial charge in [-0.3, -0.25) is 0 Å². The Bertz CT molecular complexity index is 697. The highest BCUT2D eigenvalue weighted by molar-refractivity contribution is 5.95. The molecule has 0 spiro atoms. The number of ether oxygens (including phenoxy) is 2. The van der Waals surface area contributed by atoms with Gasteiger partial charge in [-0.2, -0.15) is 13.2 Å². The molecule has 23 heavy (non-hydrogen) atoms. The highest BCUT2D eigenvalue weighted by Gasteiger charge is 2.29. The van der Waals surface area contributed by atoms with Gasteiger partial charge in [-0.05, 0) is 35.9 Å². The molecule has 2 N–H and O–H groups in total. The normalized spacial score (nSPS) is 11.1. The second kappa shape index (κ2) is 6.60. The van der Waals surface area contributed by atoms with Gasteiger partial charge < -0.3 is 15.2 Å². The van der Waals surface area contributed by atoms with Crippen molar-refractivity contribution in [3.63, 3.8) is 0 Å². The zero-order chi connectivity index (χ0) is 17.0. The second-order valence-electron chi connectivity index (χ2n) is 4.72. The third-order valence-corrected chi connectivity index (χ3v) is 3.12. The Balaban J connectivity index is 2.08. The SMILES string of the molecule is COC(=O)c1cc(OCc2ccc(C(F)(F)F)cc2)ccc1N. The lowest BCUT2D eigenvalue weighted by atomic mass is 10.1. The van der Waals surface area contributed by atoms with E-state index in [4.69, 9.17) is 10.5 Å². The van der Waals surface area contributed by atoms with Crippen molar-refractivity contribution in [1.29, 1.82) is 0 Å². The summed E-state index contributed by atoms with van der Waals surface area (Å²) in [6, 6.07) is 9.12. The molecule has 7 heteroatoms. The monoisotopic (exact) mass is 325 g/mol. The molecule has 0 atom stereocenters. The first kappa shape index (κ1) is 16.7. The van der Waals surface area contributed by atoms with E-state index >= 15 is 0 Å². The Morgan fingerprint density at radius 3 is 2.35 bits per heavy atom. The Morgan fingerprint density at radius 1 is 1.13 bits per heavy atom. The van der Waals surface area contributed by atoms with Crippen LogP contribution in [-0.4, -0.2) is 13.1 Å². The van der Waals surface area contributed by atoms with Crippen LogP contribution in [0, 0.1) is 0 Å². The fourth-order valence-corrected chi connectivity index (χ4v) is 1.87. The standard InChI is InChI=1S/C16H14F3NO3/c1-22-15(21)13-8-12(6-7-14(13)20)23-9-10-2-4-11(5-3-10)16(17,18)19/h2-8H,9,20H2,1H3. The Morgan fingerprint density at radius 2 is 1.78 bits per heavy atom. The van der Waals surface area contributed by atoms with Crippen molar-refractivity contribution in [1.82, 2.24) is 0 Å². The average molecular weight is 325 g/mol. The molecule has 0 heterocycles. The van der Waals surface area contributed by atoms with Crippen molar-refractivity contribution in [2.24, 2.45) is 0 Å². The third kappa shape index (κ3) is 4.15. The van der Waals surface area contributed by atoms with Crippen molar-refractivity contribution >= 4 is 11.7 Å². The molecular weight excluding hydrogens is 311 g/mol. The molecule has 2 rings (SSSR count). The number of hydrogen-bond acceptors (Lipinski definition) is 4. The molecule has 0 amide bonds. The fourth-order valence-electron chi connectivity index (χ4n) is 1.87. The van der Waals surface area contributed by atoms with Gasteiger partial charge in [0, 0.05) is 5.69 Å². The molecule has 0 saturated heterocycles. The smallest absolute Gasteiger partial charge is 0.416 e. The van der Waals surface area contributed by atoms with Crippen molar-refractivity contribution in [2.75, 3.05) is 12.8 Å². The van der Waals surface area contributed by atoms with E-state index in [1.54, 1.807) is 6.07 Å². The Hall–Kier alpha value is -2.70. The van der Waals surface area contributed by atoms with Crippen molar-refractivity contribution in [3.8, 4) is 5.75 Å². The topological polar surface area (TPSA) is 61.5 Å². The van der Waals surface area contributed by atoms with E-state index in [9.17, 15) is 18.0 Å². The fraction of sp³-hybridized carbons (Fsp3) is 0.188. The lowest BCUT2D eigenvalue weighted by Crippen LogP contribution is -2.07. The lowest BCUT2D eigenvalue weighted by Gasteiger charge is -2.10. The minimum Gasteiger partial charge on any atom is -0.489 e. The number of methoxy groups -OCH3 is 1. The van der Waals surface area contributed by atoms with Crippen LogP contribution in [0.25, 0.3) is 0 Å². The van der Waals surface area contributed by atoms with Crippen LogP contribution in [-0.2, 0) is 17.5 Å². The summed E-state index contributed by atoms with van der Waals surface area (Å²) < 4.78 is 47.5. The van der Waals surface area contributed by atoms with Crippen LogP contribution < -0.4 is 10.5 Å². The van der Waals surface area contributed by atoms with Crippen LogP contribution in [0.3, 0.4) is 0 Å². The molecule has 0 aliphatic carbocycles. The predicted octanol–water partition coefficient (Wildman–Crippen LogP) is 3.65. The summed E-state index contributed by atoms with van der Waals surface area (Å²) in [4.78, 5) is 11.5. The van der Waals surface area contributed by atoms with Crippen LogP contribution in [0.4, 0.5) is 18.9 Å².